The number of benzene rings is 3. The van der Waals surface area contributed by atoms with Gasteiger partial charge in [0.1, 0.15) is 30.1 Å². The lowest BCUT2D eigenvalue weighted by molar-refractivity contribution is 0.0869. The molecule has 0 radical (unpaired) electrons. The fraction of sp³-hybridized carbons (Fsp3) is 0.382. The van der Waals surface area contributed by atoms with E-state index in [1.807, 2.05) is 61.5 Å². The molecule has 228 valence electrons. The highest BCUT2D eigenvalue weighted by Crippen LogP contribution is 2.24. The van der Waals surface area contributed by atoms with Crippen LogP contribution >= 0.6 is 0 Å². The van der Waals surface area contributed by atoms with Gasteiger partial charge in [0.15, 0.2) is 0 Å². The molecule has 3 aromatic carbocycles. The second kappa shape index (κ2) is 14.8. The van der Waals surface area contributed by atoms with Crippen molar-refractivity contribution in [3.63, 3.8) is 0 Å². The van der Waals surface area contributed by atoms with Gasteiger partial charge in [0.25, 0.3) is 6.01 Å². The SMILES string of the molecule is COc1cccc(CN(Cc2ccc(N3CCN(C)CC3)cc2)c2nc(COCCOc3cccc(N(C)C)c3)co2)c1. The van der Waals surface area contributed by atoms with Crippen molar-refractivity contribution in [3.05, 3.63) is 95.9 Å². The van der Waals surface area contributed by atoms with Crippen molar-refractivity contribution < 1.29 is 18.6 Å². The maximum atomic E-state index is 5.97. The predicted molar refractivity (Wildman–Crippen MR) is 171 cm³/mol. The van der Waals surface area contributed by atoms with Gasteiger partial charge in [-0.2, -0.15) is 4.98 Å². The Hall–Kier alpha value is -4.21. The Morgan fingerprint density at radius 2 is 1.58 bits per heavy atom. The number of piperazine rings is 1. The summed E-state index contributed by atoms with van der Waals surface area (Å²) in [6.07, 6.45) is 1.67. The third-order valence-electron chi connectivity index (χ3n) is 7.58. The highest BCUT2D eigenvalue weighted by atomic mass is 16.5. The highest BCUT2D eigenvalue weighted by molar-refractivity contribution is 5.50. The van der Waals surface area contributed by atoms with Crippen LogP contribution < -0.4 is 24.2 Å². The molecule has 0 unspecified atom stereocenters. The van der Waals surface area contributed by atoms with E-state index in [0.717, 1.165) is 54.6 Å². The van der Waals surface area contributed by atoms with Crippen LogP contribution in [0, 0.1) is 0 Å². The molecule has 0 N–H and O–H groups in total. The molecule has 9 nitrogen and oxygen atoms in total. The Morgan fingerprint density at radius 1 is 0.837 bits per heavy atom. The van der Waals surface area contributed by atoms with Crippen molar-refractivity contribution in [2.45, 2.75) is 19.7 Å². The minimum atomic E-state index is 0.345. The quantitative estimate of drug-likeness (QED) is 0.183. The van der Waals surface area contributed by atoms with Gasteiger partial charge >= 0.3 is 0 Å². The van der Waals surface area contributed by atoms with Gasteiger partial charge in [0, 0.05) is 70.8 Å². The smallest absolute Gasteiger partial charge is 0.298 e. The Bertz CT molecular complexity index is 1420. The summed E-state index contributed by atoms with van der Waals surface area (Å²) >= 11 is 0. The summed E-state index contributed by atoms with van der Waals surface area (Å²) in [4.78, 5) is 13.8. The molecule has 0 saturated carbocycles. The van der Waals surface area contributed by atoms with E-state index < -0.39 is 0 Å². The Balaban J connectivity index is 1.20. The van der Waals surface area contributed by atoms with E-state index in [0.29, 0.717) is 38.9 Å². The largest absolute Gasteiger partial charge is 0.497 e. The lowest BCUT2D eigenvalue weighted by Gasteiger charge is -2.34. The molecule has 43 heavy (non-hydrogen) atoms. The van der Waals surface area contributed by atoms with E-state index in [1.165, 1.54) is 11.3 Å². The summed E-state index contributed by atoms with van der Waals surface area (Å²) in [5, 5.41) is 0. The van der Waals surface area contributed by atoms with E-state index >= 15 is 0 Å². The van der Waals surface area contributed by atoms with Crippen LogP contribution in [0.4, 0.5) is 17.4 Å². The zero-order chi connectivity index (χ0) is 30.0. The summed E-state index contributed by atoms with van der Waals surface area (Å²) in [6, 6.07) is 25.5. The molecule has 5 rings (SSSR count). The second-order valence-electron chi connectivity index (χ2n) is 11.1. The maximum absolute atomic E-state index is 5.97. The third kappa shape index (κ3) is 8.65. The molecule has 1 aromatic heterocycles. The Labute approximate surface area is 255 Å². The molecule has 0 spiro atoms. The second-order valence-corrected chi connectivity index (χ2v) is 11.1. The molecule has 0 aliphatic carbocycles. The van der Waals surface area contributed by atoms with E-state index in [4.69, 9.17) is 23.6 Å². The number of nitrogens with zero attached hydrogens (tertiary/aromatic N) is 5. The van der Waals surface area contributed by atoms with E-state index in [1.54, 1.807) is 13.4 Å². The lowest BCUT2D eigenvalue weighted by atomic mass is 10.1. The molecule has 1 aliphatic heterocycles. The highest BCUT2D eigenvalue weighted by Gasteiger charge is 2.17. The van der Waals surface area contributed by atoms with Crippen molar-refractivity contribution in [3.8, 4) is 11.5 Å². The summed E-state index contributed by atoms with van der Waals surface area (Å²) < 4.78 is 23.1. The molecule has 1 aliphatic rings. The van der Waals surface area contributed by atoms with Crippen molar-refractivity contribution in [1.82, 2.24) is 9.88 Å². The van der Waals surface area contributed by atoms with Gasteiger partial charge in [0.05, 0.1) is 20.3 Å². The normalized spacial score (nSPS) is 13.6. The number of rotatable bonds is 14. The number of likely N-dealkylation sites (N-methyl/N-ethyl adjacent to an activating group) is 1. The van der Waals surface area contributed by atoms with Crippen molar-refractivity contribution in [1.29, 1.82) is 0 Å². The van der Waals surface area contributed by atoms with Crippen LogP contribution in [0.5, 0.6) is 11.5 Å². The van der Waals surface area contributed by atoms with Crippen LogP contribution in [0.1, 0.15) is 16.8 Å². The Kier molecular flexibility index (Phi) is 10.4. The topological polar surface area (TPSA) is 66.7 Å². The van der Waals surface area contributed by atoms with Crippen molar-refractivity contribution in [2.24, 2.45) is 0 Å². The van der Waals surface area contributed by atoms with Gasteiger partial charge in [-0.25, -0.2) is 0 Å². The molecule has 9 heteroatoms. The number of anilines is 3. The summed E-state index contributed by atoms with van der Waals surface area (Å²) in [5.41, 5.74) is 5.40. The van der Waals surface area contributed by atoms with Crippen LogP contribution in [-0.4, -0.2) is 77.5 Å². The molecule has 0 atom stereocenters. The zero-order valence-corrected chi connectivity index (χ0v) is 25.7. The molecular formula is C34H43N5O4. The average Bonchev–Trinajstić information content (AvgIpc) is 3.50. The minimum absolute atomic E-state index is 0.345. The van der Waals surface area contributed by atoms with E-state index in [-0.39, 0.29) is 0 Å². The number of oxazole rings is 1. The van der Waals surface area contributed by atoms with Crippen LogP contribution in [0.2, 0.25) is 0 Å². The van der Waals surface area contributed by atoms with Gasteiger partial charge in [-0.05, 0) is 54.6 Å². The molecule has 1 fully saturated rings. The minimum Gasteiger partial charge on any atom is -0.497 e. The van der Waals surface area contributed by atoms with Gasteiger partial charge in [-0.15, -0.1) is 0 Å². The van der Waals surface area contributed by atoms with Gasteiger partial charge in [0.2, 0.25) is 0 Å². The molecular weight excluding hydrogens is 542 g/mol. The first-order chi connectivity index (χ1) is 21.0. The number of aromatic nitrogens is 1. The molecule has 0 amide bonds. The molecule has 4 aromatic rings. The maximum Gasteiger partial charge on any atom is 0.298 e. The molecule has 1 saturated heterocycles. The van der Waals surface area contributed by atoms with Crippen LogP contribution in [-0.2, 0) is 24.4 Å². The number of hydrogen-bond donors (Lipinski definition) is 0. The van der Waals surface area contributed by atoms with Gasteiger partial charge in [-0.1, -0.05) is 30.3 Å². The lowest BCUT2D eigenvalue weighted by Crippen LogP contribution is -2.44. The molecule has 0 bridgehead atoms. The fourth-order valence-corrected chi connectivity index (χ4v) is 5.03. The fourth-order valence-electron chi connectivity index (χ4n) is 5.03. The van der Waals surface area contributed by atoms with E-state index in [2.05, 4.69) is 52.1 Å². The van der Waals surface area contributed by atoms with Crippen molar-refractivity contribution in [2.75, 3.05) is 82.3 Å². The zero-order valence-electron chi connectivity index (χ0n) is 25.7. The van der Waals surface area contributed by atoms with Crippen LogP contribution in [0.25, 0.3) is 0 Å². The summed E-state index contributed by atoms with van der Waals surface area (Å²) in [5.74, 6) is 1.65. The number of methoxy groups -OCH3 is 1. The number of ether oxygens (including phenoxy) is 3. The van der Waals surface area contributed by atoms with E-state index in [9.17, 15) is 0 Å². The van der Waals surface area contributed by atoms with Crippen LogP contribution in [0.15, 0.2) is 83.5 Å². The summed E-state index contributed by atoms with van der Waals surface area (Å²) in [6.45, 7) is 6.79. The monoisotopic (exact) mass is 585 g/mol. The van der Waals surface area contributed by atoms with Crippen molar-refractivity contribution >= 4 is 17.4 Å². The van der Waals surface area contributed by atoms with Gasteiger partial charge < -0.3 is 38.2 Å². The van der Waals surface area contributed by atoms with Crippen LogP contribution in [0.3, 0.4) is 0 Å². The first-order valence-electron chi connectivity index (χ1n) is 14.8. The van der Waals surface area contributed by atoms with Gasteiger partial charge in [-0.3, -0.25) is 0 Å². The average molecular weight is 586 g/mol. The predicted octanol–water partition coefficient (Wildman–Crippen LogP) is 5.30. The Morgan fingerprint density at radius 3 is 2.35 bits per heavy atom. The summed E-state index contributed by atoms with van der Waals surface area (Å²) in [7, 11) is 7.89. The number of hydrogen-bond acceptors (Lipinski definition) is 9. The molecule has 2 heterocycles. The first kappa shape index (κ1) is 30.3. The first-order valence-corrected chi connectivity index (χ1v) is 14.8. The third-order valence-corrected chi connectivity index (χ3v) is 7.58. The standard InChI is InChI=1S/C34H43N5O4/c1-36(2)31-8-6-10-33(22-31)42-20-19-41-25-29-26-43-34(35-29)39(24-28-7-5-9-32(21-28)40-4)23-27-11-13-30(14-12-27)38-17-15-37(3)16-18-38/h5-14,21-22,26H,15-20,23-25H2,1-4H3.